The van der Waals surface area contributed by atoms with E-state index in [9.17, 15) is 18.0 Å². The van der Waals surface area contributed by atoms with Gasteiger partial charge in [0.05, 0.1) is 23.5 Å². The number of anilines is 2. The Morgan fingerprint density at radius 1 is 0.921 bits per heavy atom. The van der Waals surface area contributed by atoms with Gasteiger partial charge in [0.15, 0.2) is 0 Å². The van der Waals surface area contributed by atoms with Crippen LogP contribution >= 0.6 is 0 Å². The molecular weight excluding hydrogens is 495 g/mol. The van der Waals surface area contributed by atoms with Crippen molar-refractivity contribution in [2.45, 2.75) is 12.7 Å². The van der Waals surface area contributed by atoms with Crippen LogP contribution in [0.1, 0.15) is 11.1 Å². The zero-order chi connectivity index (χ0) is 26.9. The molecule has 0 spiro atoms. The molecule has 198 valence electrons. The molecular formula is C27H28F3N7O. The third-order valence-corrected chi connectivity index (χ3v) is 6.79. The fraction of sp³-hybridized carbons (Fsp3) is 0.296. The van der Waals surface area contributed by atoms with Crippen LogP contribution < -0.4 is 10.6 Å². The summed E-state index contributed by atoms with van der Waals surface area (Å²) in [4.78, 5) is 21.0. The number of rotatable bonds is 5. The molecule has 0 saturated carbocycles. The first kappa shape index (κ1) is 25.7. The first-order valence-corrected chi connectivity index (χ1v) is 12.2. The summed E-state index contributed by atoms with van der Waals surface area (Å²) in [5.41, 5.74) is 2.73. The fourth-order valence-corrected chi connectivity index (χ4v) is 4.62. The van der Waals surface area contributed by atoms with Crippen molar-refractivity contribution in [2.75, 3.05) is 43.9 Å². The lowest BCUT2D eigenvalue weighted by Gasteiger charge is -2.33. The number of nitrogens with zero attached hydrogens (tertiary/aromatic N) is 5. The molecule has 0 aliphatic carbocycles. The molecule has 1 saturated heterocycles. The van der Waals surface area contributed by atoms with Crippen LogP contribution in [-0.2, 0) is 19.8 Å². The highest BCUT2D eigenvalue weighted by molar-refractivity contribution is 6.00. The number of likely N-dealkylation sites (N-methyl/N-ethyl adjacent to an activating group) is 1. The molecule has 2 N–H and O–H groups in total. The molecule has 2 aromatic heterocycles. The van der Waals surface area contributed by atoms with Gasteiger partial charge in [-0.1, -0.05) is 18.2 Å². The van der Waals surface area contributed by atoms with Gasteiger partial charge in [-0.3, -0.25) is 14.6 Å². The number of urea groups is 1. The molecule has 3 heterocycles. The van der Waals surface area contributed by atoms with Gasteiger partial charge in [-0.2, -0.15) is 18.3 Å². The first-order valence-electron chi connectivity index (χ1n) is 12.2. The molecule has 8 nitrogen and oxygen atoms in total. The second-order valence-corrected chi connectivity index (χ2v) is 9.49. The topological polar surface area (TPSA) is 78.3 Å². The lowest BCUT2D eigenvalue weighted by molar-refractivity contribution is -0.138. The Bertz CT molecular complexity index is 1440. The number of aromatic nitrogens is 3. The Kier molecular flexibility index (Phi) is 7.04. The molecule has 11 heteroatoms. The summed E-state index contributed by atoms with van der Waals surface area (Å²) in [5, 5.41) is 10.4. The number of carbonyl (C=O) groups excluding carboxylic acids is 1. The molecule has 38 heavy (non-hydrogen) atoms. The Balaban J connectivity index is 1.26. The van der Waals surface area contributed by atoms with E-state index in [1.807, 2.05) is 31.1 Å². The second-order valence-electron chi connectivity index (χ2n) is 9.49. The molecule has 0 atom stereocenters. The number of benzene rings is 2. The number of halogens is 3. The predicted octanol–water partition coefficient (Wildman–Crippen LogP) is 5.05. The van der Waals surface area contributed by atoms with Crippen LogP contribution in [0.5, 0.6) is 0 Å². The number of piperazine rings is 1. The van der Waals surface area contributed by atoms with E-state index in [1.54, 1.807) is 35.4 Å². The van der Waals surface area contributed by atoms with Crippen molar-refractivity contribution < 1.29 is 18.0 Å². The van der Waals surface area contributed by atoms with Crippen LogP contribution in [0.15, 0.2) is 61.1 Å². The zero-order valence-corrected chi connectivity index (χ0v) is 21.1. The smallest absolute Gasteiger partial charge is 0.308 e. The summed E-state index contributed by atoms with van der Waals surface area (Å²) >= 11 is 0. The Labute approximate surface area is 218 Å². The highest BCUT2D eigenvalue weighted by atomic mass is 19.4. The minimum absolute atomic E-state index is 0.0721. The third kappa shape index (κ3) is 5.63. The van der Waals surface area contributed by atoms with Gasteiger partial charge in [0.1, 0.15) is 0 Å². The van der Waals surface area contributed by atoms with Crippen LogP contribution in [0.25, 0.3) is 22.0 Å². The van der Waals surface area contributed by atoms with Gasteiger partial charge < -0.3 is 15.5 Å². The first-order chi connectivity index (χ1) is 18.2. The molecule has 0 bridgehead atoms. The molecule has 1 aliphatic heterocycles. The summed E-state index contributed by atoms with van der Waals surface area (Å²) in [5.74, 6) is 0. The van der Waals surface area contributed by atoms with E-state index in [-0.39, 0.29) is 17.8 Å². The number of hydrogen-bond acceptors (Lipinski definition) is 5. The molecule has 4 aromatic rings. The zero-order valence-electron chi connectivity index (χ0n) is 21.1. The highest BCUT2D eigenvalue weighted by Gasteiger charge is 2.34. The van der Waals surface area contributed by atoms with Gasteiger partial charge in [-0.15, -0.1) is 0 Å². The van der Waals surface area contributed by atoms with Crippen molar-refractivity contribution in [2.24, 2.45) is 7.05 Å². The van der Waals surface area contributed by atoms with Crippen LogP contribution in [-0.4, -0.2) is 63.8 Å². The van der Waals surface area contributed by atoms with Crippen molar-refractivity contribution in [3.63, 3.8) is 0 Å². The van der Waals surface area contributed by atoms with E-state index in [1.165, 1.54) is 12.1 Å². The number of carbonyl (C=O) groups is 1. The number of aryl methyl sites for hydroxylation is 1. The van der Waals surface area contributed by atoms with Crippen molar-refractivity contribution in [1.82, 2.24) is 24.6 Å². The summed E-state index contributed by atoms with van der Waals surface area (Å²) in [6.07, 6.45) is 0.746. The summed E-state index contributed by atoms with van der Waals surface area (Å²) < 4.78 is 43.3. The molecule has 0 unspecified atom stereocenters. The fourth-order valence-electron chi connectivity index (χ4n) is 4.62. The SMILES string of the molecule is CN1CCN(Cc2ccc(NC(=O)Nc3ccc(-c4cncc5c4cnn5C)cc3)cc2C(F)(F)F)CC1. The van der Waals surface area contributed by atoms with E-state index < -0.39 is 17.8 Å². The maximum atomic E-state index is 13.8. The second kappa shape index (κ2) is 10.4. The van der Waals surface area contributed by atoms with E-state index in [4.69, 9.17) is 0 Å². The van der Waals surface area contributed by atoms with Crippen molar-refractivity contribution in [3.8, 4) is 11.1 Å². The molecule has 1 aliphatic rings. The number of amides is 2. The van der Waals surface area contributed by atoms with Crippen LogP contribution in [0.4, 0.5) is 29.3 Å². The molecule has 5 rings (SSSR count). The van der Waals surface area contributed by atoms with Gasteiger partial charge in [-0.05, 0) is 42.4 Å². The standard InChI is InChI=1S/C27H28F3N7O/c1-35-9-11-37(12-10-35)17-19-5-8-21(13-24(19)27(28,29)30)34-26(38)33-20-6-3-18(4-7-20)22-14-31-16-25-23(22)15-32-36(25)2/h3-8,13-16H,9-12,17H2,1-2H3,(H2,33,34,38). The minimum atomic E-state index is -4.53. The minimum Gasteiger partial charge on any atom is -0.308 e. The largest absolute Gasteiger partial charge is 0.416 e. The quantitative estimate of drug-likeness (QED) is 0.383. The molecule has 1 fully saturated rings. The van der Waals surface area contributed by atoms with Crippen LogP contribution in [0.3, 0.4) is 0 Å². The van der Waals surface area contributed by atoms with E-state index >= 15 is 0 Å². The Morgan fingerprint density at radius 3 is 2.32 bits per heavy atom. The molecule has 0 radical (unpaired) electrons. The molecule has 2 aromatic carbocycles. The van der Waals surface area contributed by atoms with E-state index in [0.29, 0.717) is 18.8 Å². The van der Waals surface area contributed by atoms with E-state index in [2.05, 4.69) is 25.6 Å². The average Bonchev–Trinajstić information content (AvgIpc) is 3.27. The van der Waals surface area contributed by atoms with Crippen LogP contribution in [0, 0.1) is 0 Å². The number of alkyl halides is 3. The number of hydrogen-bond donors (Lipinski definition) is 2. The lowest BCUT2D eigenvalue weighted by Crippen LogP contribution is -2.44. The maximum Gasteiger partial charge on any atom is 0.416 e. The van der Waals surface area contributed by atoms with Gasteiger partial charge >= 0.3 is 12.2 Å². The Morgan fingerprint density at radius 2 is 1.61 bits per heavy atom. The average molecular weight is 524 g/mol. The Hall–Kier alpha value is -3.96. The van der Waals surface area contributed by atoms with Gasteiger partial charge in [0.2, 0.25) is 0 Å². The summed E-state index contributed by atoms with van der Waals surface area (Å²) in [7, 11) is 3.84. The predicted molar refractivity (Wildman–Crippen MR) is 141 cm³/mol. The third-order valence-electron chi connectivity index (χ3n) is 6.79. The van der Waals surface area contributed by atoms with Crippen molar-refractivity contribution in [3.05, 3.63) is 72.2 Å². The van der Waals surface area contributed by atoms with Gasteiger partial charge in [0, 0.05) is 68.3 Å². The monoisotopic (exact) mass is 523 g/mol. The van der Waals surface area contributed by atoms with Gasteiger partial charge in [-0.25, -0.2) is 4.79 Å². The number of nitrogens with one attached hydrogen (secondary N) is 2. The summed E-state index contributed by atoms with van der Waals surface area (Å²) in [6.45, 7) is 3.27. The summed E-state index contributed by atoms with van der Waals surface area (Å²) in [6, 6.07) is 10.4. The van der Waals surface area contributed by atoms with E-state index in [0.717, 1.165) is 41.2 Å². The van der Waals surface area contributed by atoms with Crippen molar-refractivity contribution in [1.29, 1.82) is 0 Å². The highest BCUT2D eigenvalue weighted by Crippen LogP contribution is 2.35. The van der Waals surface area contributed by atoms with Gasteiger partial charge in [0.25, 0.3) is 0 Å². The normalized spacial score (nSPS) is 15.1. The maximum absolute atomic E-state index is 13.8. The van der Waals surface area contributed by atoms with Crippen LogP contribution in [0.2, 0.25) is 0 Å². The number of pyridine rings is 1. The van der Waals surface area contributed by atoms with Crippen molar-refractivity contribution >= 4 is 28.3 Å². The number of fused-ring (bicyclic) bond motifs is 1. The molecule has 2 amide bonds. The lowest BCUT2D eigenvalue weighted by atomic mass is 10.0.